The minimum absolute atomic E-state index is 0.901. The van der Waals surface area contributed by atoms with Crippen LogP contribution in [0.4, 0.5) is 5.69 Å². The third kappa shape index (κ3) is 4.34. The van der Waals surface area contributed by atoms with Gasteiger partial charge in [-0.15, -0.1) is 8.85 Å². The molecule has 5 rings (SSSR count). The Morgan fingerprint density at radius 2 is 1.47 bits per heavy atom. The van der Waals surface area contributed by atoms with Crippen molar-refractivity contribution in [1.82, 2.24) is 9.88 Å². The lowest BCUT2D eigenvalue weighted by Crippen LogP contribution is -2.39. The Morgan fingerprint density at radius 1 is 0.719 bits per heavy atom. The van der Waals surface area contributed by atoms with E-state index in [4.69, 9.17) is 0 Å². The fourth-order valence-electron chi connectivity index (χ4n) is 4.23. The zero-order chi connectivity index (χ0) is 21.9. The Morgan fingerprint density at radius 3 is 2.25 bits per heavy atom. The van der Waals surface area contributed by atoms with E-state index in [1.54, 1.807) is 0 Å². The van der Waals surface area contributed by atoms with E-state index in [-0.39, 0.29) is 0 Å². The molecule has 0 atom stereocenters. The predicted molar refractivity (Wildman–Crippen MR) is 137 cm³/mol. The third-order valence-corrected chi connectivity index (χ3v) is 8.85. The second-order valence-corrected chi connectivity index (χ2v) is 11.2. The highest BCUT2D eigenvalue weighted by Crippen LogP contribution is 2.24. The standard InChI is InChI=1S/C17H12N.C10H11N2.CH3.Al/c1-3-7-14(8-4-1)16-11-12-18-17(13-16)15-9-5-2-6-10-15;1-11-7-8-12(9-11)10-5-3-2-4-6-10;;/h1-5,7-13H;2-3,5-8H,9H2,1H3;1H3;. The SMILES string of the molecule is CN1C=CN(c2ccc[c]([Al]([CH3])[c]3cccc(-c4cc(-c5ccccc5)ccn4)c3)c2)C1. The Labute approximate surface area is 194 Å². The number of anilines is 1. The lowest BCUT2D eigenvalue weighted by Gasteiger charge is -2.20. The Bertz CT molecular complexity index is 1250. The number of benzene rings is 3. The number of aromatic nitrogens is 1. The van der Waals surface area contributed by atoms with Gasteiger partial charge in [0.1, 0.15) is 0 Å². The average molecular weight is 432 g/mol. The van der Waals surface area contributed by atoms with Gasteiger partial charge in [-0.25, -0.2) is 0 Å². The van der Waals surface area contributed by atoms with Crippen molar-refractivity contribution in [2.24, 2.45) is 0 Å². The van der Waals surface area contributed by atoms with Crippen molar-refractivity contribution in [3.63, 3.8) is 0 Å². The van der Waals surface area contributed by atoms with Crippen LogP contribution in [-0.4, -0.2) is 37.7 Å². The molecule has 0 fully saturated rings. The van der Waals surface area contributed by atoms with Crippen molar-refractivity contribution in [2.45, 2.75) is 5.79 Å². The van der Waals surface area contributed by atoms with Gasteiger partial charge in [0.15, 0.2) is 0 Å². The van der Waals surface area contributed by atoms with E-state index in [0.29, 0.717) is 0 Å². The summed E-state index contributed by atoms with van der Waals surface area (Å²) in [5, 5.41) is 0. The van der Waals surface area contributed by atoms with Crippen molar-refractivity contribution in [3.8, 4) is 22.4 Å². The monoisotopic (exact) mass is 431 g/mol. The highest BCUT2D eigenvalue weighted by Gasteiger charge is 2.19. The fourth-order valence-corrected chi connectivity index (χ4v) is 6.26. The molecule has 0 unspecified atom stereocenters. The second-order valence-electron chi connectivity index (χ2n) is 8.40. The molecule has 2 heterocycles. The minimum Gasteiger partial charge on any atom is -0.361 e. The summed E-state index contributed by atoms with van der Waals surface area (Å²) in [6, 6.07) is 32.8. The van der Waals surface area contributed by atoms with Crippen LogP contribution in [0, 0.1) is 0 Å². The van der Waals surface area contributed by atoms with Gasteiger partial charge < -0.3 is 9.80 Å². The number of hydrogen-bond acceptors (Lipinski definition) is 3. The van der Waals surface area contributed by atoms with Gasteiger partial charge in [-0.05, 0) is 34.9 Å². The first-order chi connectivity index (χ1) is 15.7. The zero-order valence-corrected chi connectivity index (χ0v) is 19.7. The molecule has 1 aliphatic heterocycles. The predicted octanol–water partition coefficient (Wildman–Crippen LogP) is 4.83. The molecule has 0 saturated carbocycles. The molecule has 0 bridgehead atoms. The smallest absolute Gasteiger partial charge is 0.342 e. The molecule has 0 N–H and O–H groups in total. The largest absolute Gasteiger partial charge is 0.361 e. The number of hydrogen-bond donors (Lipinski definition) is 0. The van der Waals surface area contributed by atoms with E-state index in [2.05, 4.69) is 125 Å². The molecule has 0 spiro atoms. The van der Waals surface area contributed by atoms with Gasteiger partial charge in [0.25, 0.3) is 0 Å². The molecule has 4 heteroatoms. The van der Waals surface area contributed by atoms with Gasteiger partial charge in [0.05, 0.1) is 12.4 Å². The van der Waals surface area contributed by atoms with Crippen LogP contribution in [0.5, 0.6) is 0 Å². The van der Waals surface area contributed by atoms with Crippen LogP contribution in [0.3, 0.4) is 0 Å². The minimum atomic E-state index is -1.32. The summed E-state index contributed by atoms with van der Waals surface area (Å²) in [5.41, 5.74) is 5.88. The molecule has 0 saturated heterocycles. The van der Waals surface area contributed by atoms with Crippen LogP contribution in [0.15, 0.2) is 110 Å². The van der Waals surface area contributed by atoms with Crippen molar-refractivity contribution >= 4 is 28.7 Å². The van der Waals surface area contributed by atoms with Gasteiger partial charge in [-0.1, -0.05) is 78.6 Å². The molecule has 1 aromatic heterocycles. The van der Waals surface area contributed by atoms with Crippen molar-refractivity contribution < 1.29 is 0 Å². The van der Waals surface area contributed by atoms with Crippen molar-refractivity contribution in [1.29, 1.82) is 0 Å². The summed E-state index contributed by atoms with van der Waals surface area (Å²) in [6.07, 6.45) is 6.18. The summed E-state index contributed by atoms with van der Waals surface area (Å²) in [6.45, 7) is 0.901. The summed E-state index contributed by atoms with van der Waals surface area (Å²) in [7, 11) is 2.10. The quantitative estimate of drug-likeness (QED) is 0.422. The maximum Gasteiger partial charge on any atom is 0.342 e. The summed E-state index contributed by atoms with van der Waals surface area (Å²) < 4.78 is 2.88. The summed E-state index contributed by atoms with van der Waals surface area (Å²) in [4.78, 5) is 9.16. The van der Waals surface area contributed by atoms with Gasteiger partial charge in [0.2, 0.25) is 0 Å². The molecule has 0 radical (unpaired) electrons. The van der Waals surface area contributed by atoms with Gasteiger partial charge >= 0.3 is 14.1 Å². The van der Waals surface area contributed by atoms with E-state index >= 15 is 0 Å². The maximum atomic E-state index is 4.68. The fraction of sp³-hybridized carbons (Fsp3) is 0.107. The lowest BCUT2D eigenvalue weighted by atomic mass is 10.0. The first kappa shape index (κ1) is 20.6. The third-order valence-electron chi connectivity index (χ3n) is 6.13. The molecule has 3 nitrogen and oxygen atoms in total. The molecular formula is C28H26AlN3. The van der Waals surface area contributed by atoms with Crippen LogP contribution in [0.1, 0.15) is 0 Å². The molecule has 4 aromatic rings. The first-order valence-electron chi connectivity index (χ1n) is 11.0. The topological polar surface area (TPSA) is 19.4 Å². The van der Waals surface area contributed by atoms with E-state index in [1.807, 2.05) is 12.3 Å². The van der Waals surface area contributed by atoms with E-state index in [1.165, 1.54) is 31.2 Å². The van der Waals surface area contributed by atoms with E-state index in [9.17, 15) is 0 Å². The van der Waals surface area contributed by atoms with Gasteiger partial charge in [-0.3, -0.25) is 4.98 Å². The van der Waals surface area contributed by atoms with Crippen LogP contribution in [0.2, 0.25) is 5.79 Å². The molecule has 0 amide bonds. The lowest BCUT2D eigenvalue weighted by molar-refractivity contribution is 0.496. The van der Waals surface area contributed by atoms with Crippen molar-refractivity contribution in [2.75, 3.05) is 18.6 Å². The first-order valence-corrected chi connectivity index (χ1v) is 13.4. The van der Waals surface area contributed by atoms with Crippen molar-refractivity contribution in [3.05, 3.63) is 110 Å². The van der Waals surface area contributed by atoms with Gasteiger partial charge in [-0.2, -0.15) is 0 Å². The molecule has 32 heavy (non-hydrogen) atoms. The summed E-state index contributed by atoms with van der Waals surface area (Å²) in [5.74, 6) is 2.41. The molecular weight excluding hydrogens is 405 g/mol. The Hall–Kier alpha value is -3.32. The zero-order valence-electron chi connectivity index (χ0n) is 18.5. The normalized spacial score (nSPS) is 12.9. The van der Waals surface area contributed by atoms with E-state index < -0.39 is 14.1 Å². The maximum absolute atomic E-state index is 4.68. The van der Waals surface area contributed by atoms with E-state index in [0.717, 1.165) is 12.4 Å². The van der Waals surface area contributed by atoms with Crippen LogP contribution in [-0.2, 0) is 0 Å². The molecule has 1 aliphatic rings. The van der Waals surface area contributed by atoms with Gasteiger partial charge in [0, 0.05) is 31.3 Å². The average Bonchev–Trinajstić information content (AvgIpc) is 3.31. The van der Waals surface area contributed by atoms with Crippen LogP contribution in [0.25, 0.3) is 22.4 Å². The highest BCUT2D eigenvalue weighted by molar-refractivity contribution is 6.84. The van der Waals surface area contributed by atoms with Crippen LogP contribution >= 0.6 is 0 Å². The van der Waals surface area contributed by atoms with Crippen LogP contribution < -0.4 is 13.8 Å². The molecule has 3 aromatic carbocycles. The number of pyridine rings is 1. The highest BCUT2D eigenvalue weighted by atomic mass is 27.2. The molecule has 156 valence electrons. The number of rotatable bonds is 5. The number of nitrogens with zero attached hydrogens (tertiary/aromatic N) is 3. The molecule has 0 aliphatic carbocycles. The Balaban J connectivity index is 1.43. The second kappa shape index (κ2) is 9.04. The summed E-state index contributed by atoms with van der Waals surface area (Å²) >= 11 is -1.32. The Kier molecular flexibility index (Phi) is 5.82.